The Labute approximate surface area is 179 Å². The monoisotopic (exact) mass is 427 g/mol. The fourth-order valence-electron chi connectivity index (χ4n) is 3.47. The highest BCUT2D eigenvalue weighted by Gasteiger charge is 2.25. The van der Waals surface area contributed by atoms with E-state index in [4.69, 9.17) is 4.74 Å². The molecule has 1 aliphatic rings. The number of carbonyl (C=O) groups excluding carboxylic acids is 1. The van der Waals surface area contributed by atoms with Crippen molar-refractivity contribution in [1.29, 1.82) is 0 Å². The lowest BCUT2D eigenvalue weighted by Crippen LogP contribution is -2.48. The lowest BCUT2D eigenvalue weighted by atomic mass is 10.2. The maximum atomic E-state index is 13.0. The lowest BCUT2D eigenvalue weighted by Gasteiger charge is -2.34. The van der Waals surface area contributed by atoms with Gasteiger partial charge in [0.2, 0.25) is 0 Å². The minimum Gasteiger partial charge on any atom is -0.494 e. The summed E-state index contributed by atoms with van der Waals surface area (Å²) in [5.41, 5.74) is 2.10. The Hall–Kier alpha value is -2.22. The van der Waals surface area contributed by atoms with E-state index in [-0.39, 0.29) is 5.91 Å². The largest absolute Gasteiger partial charge is 0.494 e. The summed E-state index contributed by atoms with van der Waals surface area (Å²) in [7, 11) is 0. The molecule has 0 radical (unpaired) electrons. The van der Waals surface area contributed by atoms with Crippen molar-refractivity contribution in [3.8, 4) is 15.6 Å². The van der Waals surface area contributed by atoms with Gasteiger partial charge in [0.1, 0.15) is 15.6 Å². The van der Waals surface area contributed by atoms with Crippen LogP contribution in [0.2, 0.25) is 0 Å². The van der Waals surface area contributed by atoms with Crippen molar-refractivity contribution in [1.82, 2.24) is 14.8 Å². The standard InChI is InChI=1S/C22H25N3O2S2/c1-3-27-18-8-6-17(7-9-18)15-24-10-12-25(13-11-24)22(26)20-16(2)23-21(29-20)19-5-4-14-28-19/h4-9,14H,3,10-13,15H2,1-2H3. The van der Waals surface area contributed by atoms with Gasteiger partial charge < -0.3 is 9.64 Å². The van der Waals surface area contributed by atoms with Crippen LogP contribution in [-0.2, 0) is 6.54 Å². The second kappa shape index (κ2) is 9.07. The Balaban J connectivity index is 1.34. The zero-order chi connectivity index (χ0) is 20.2. The highest BCUT2D eigenvalue weighted by molar-refractivity contribution is 7.22. The molecule has 0 atom stereocenters. The average Bonchev–Trinajstić information content (AvgIpc) is 3.39. The Kier molecular flexibility index (Phi) is 6.28. The molecule has 0 unspecified atom stereocenters. The molecular weight excluding hydrogens is 402 g/mol. The molecule has 7 heteroatoms. The maximum absolute atomic E-state index is 13.0. The fraction of sp³-hybridized carbons (Fsp3) is 0.364. The van der Waals surface area contributed by atoms with Crippen LogP contribution in [0.3, 0.4) is 0 Å². The second-order valence-electron chi connectivity index (χ2n) is 7.06. The van der Waals surface area contributed by atoms with Gasteiger partial charge in [0, 0.05) is 32.7 Å². The topological polar surface area (TPSA) is 45.7 Å². The number of aryl methyl sites for hydroxylation is 1. The Morgan fingerprint density at radius 2 is 1.90 bits per heavy atom. The summed E-state index contributed by atoms with van der Waals surface area (Å²) < 4.78 is 5.51. The summed E-state index contributed by atoms with van der Waals surface area (Å²) >= 11 is 3.17. The molecule has 2 aromatic heterocycles. The van der Waals surface area contributed by atoms with Gasteiger partial charge in [-0.1, -0.05) is 18.2 Å². The Morgan fingerprint density at radius 1 is 1.14 bits per heavy atom. The van der Waals surface area contributed by atoms with Crippen molar-refractivity contribution in [2.45, 2.75) is 20.4 Å². The zero-order valence-electron chi connectivity index (χ0n) is 16.8. The normalized spacial score (nSPS) is 14.9. The van der Waals surface area contributed by atoms with Gasteiger partial charge in [-0.3, -0.25) is 9.69 Å². The van der Waals surface area contributed by atoms with Gasteiger partial charge in [-0.25, -0.2) is 4.98 Å². The predicted molar refractivity (Wildman–Crippen MR) is 119 cm³/mol. The van der Waals surface area contributed by atoms with E-state index in [2.05, 4.69) is 28.1 Å². The van der Waals surface area contributed by atoms with Crippen molar-refractivity contribution in [2.75, 3.05) is 32.8 Å². The molecule has 3 heterocycles. The smallest absolute Gasteiger partial charge is 0.265 e. The number of nitrogens with zero attached hydrogens (tertiary/aromatic N) is 3. The van der Waals surface area contributed by atoms with E-state index in [0.717, 1.165) is 58.9 Å². The van der Waals surface area contributed by atoms with Crippen LogP contribution < -0.4 is 4.74 Å². The first kappa shape index (κ1) is 20.1. The Bertz CT molecular complexity index is 943. The van der Waals surface area contributed by atoms with E-state index < -0.39 is 0 Å². The van der Waals surface area contributed by atoms with Crippen molar-refractivity contribution in [3.05, 3.63) is 57.9 Å². The predicted octanol–water partition coefficient (Wildman–Crippen LogP) is 4.54. The van der Waals surface area contributed by atoms with E-state index in [9.17, 15) is 4.79 Å². The lowest BCUT2D eigenvalue weighted by molar-refractivity contribution is 0.0632. The molecule has 0 bridgehead atoms. The molecule has 1 aromatic carbocycles. The van der Waals surface area contributed by atoms with E-state index >= 15 is 0 Å². The second-order valence-corrected chi connectivity index (χ2v) is 9.00. The van der Waals surface area contributed by atoms with Crippen LogP contribution >= 0.6 is 22.7 Å². The van der Waals surface area contributed by atoms with E-state index in [1.54, 1.807) is 11.3 Å². The van der Waals surface area contributed by atoms with Gasteiger partial charge in [0.05, 0.1) is 17.2 Å². The molecule has 1 saturated heterocycles. The summed E-state index contributed by atoms with van der Waals surface area (Å²) in [6.45, 7) is 8.78. The highest BCUT2D eigenvalue weighted by atomic mass is 32.1. The van der Waals surface area contributed by atoms with E-state index in [1.165, 1.54) is 16.9 Å². The van der Waals surface area contributed by atoms with Crippen LogP contribution in [0.25, 0.3) is 9.88 Å². The van der Waals surface area contributed by atoms with Gasteiger partial charge in [-0.15, -0.1) is 22.7 Å². The summed E-state index contributed by atoms with van der Waals surface area (Å²) in [6.07, 6.45) is 0. The van der Waals surface area contributed by atoms with Crippen molar-refractivity contribution < 1.29 is 9.53 Å². The fourth-order valence-corrected chi connectivity index (χ4v) is 5.30. The van der Waals surface area contributed by atoms with Crippen molar-refractivity contribution in [3.63, 3.8) is 0 Å². The van der Waals surface area contributed by atoms with Crippen LogP contribution in [0, 0.1) is 6.92 Å². The number of hydrogen-bond acceptors (Lipinski definition) is 6. The average molecular weight is 428 g/mol. The molecule has 1 aliphatic heterocycles. The zero-order valence-corrected chi connectivity index (χ0v) is 18.4. The van der Waals surface area contributed by atoms with Crippen LogP contribution in [0.5, 0.6) is 5.75 Å². The number of benzene rings is 1. The molecule has 4 rings (SSSR count). The van der Waals surface area contributed by atoms with Gasteiger partial charge >= 0.3 is 0 Å². The van der Waals surface area contributed by atoms with Gasteiger partial charge in [-0.2, -0.15) is 0 Å². The SMILES string of the molecule is CCOc1ccc(CN2CCN(C(=O)c3sc(-c4cccs4)nc3C)CC2)cc1. The Morgan fingerprint density at radius 3 is 2.55 bits per heavy atom. The van der Waals surface area contributed by atoms with Crippen LogP contribution in [-0.4, -0.2) is 53.5 Å². The third-order valence-corrected chi connectivity index (χ3v) is 7.21. The third kappa shape index (κ3) is 4.69. The number of amides is 1. The molecule has 152 valence electrons. The molecular formula is C22H25N3O2S2. The van der Waals surface area contributed by atoms with Crippen molar-refractivity contribution >= 4 is 28.6 Å². The minimum absolute atomic E-state index is 0.114. The summed E-state index contributed by atoms with van der Waals surface area (Å²) in [4.78, 5) is 23.9. The number of piperazine rings is 1. The van der Waals surface area contributed by atoms with E-state index in [1.807, 2.05) is 42.3 Å². The number of rotatable bonds is 6. The first-order valence-electron chi connectivity index (χ1n) is 9.88. The molecule has 3 aromatic rings. The molecule has 0 spiro atoms. The van der Waals surface area contributed by atoms with Crippen LogP contribution in [0.15, 0.2) is 41.8 Å². The first-order valence-corrected chi connectivity index (χ1v) is 11.6. The molecule has 5 nitrogen and oxygen atoms in total. The molecule has 1 fully saturated rings. The third-order valence-electron chi connectivity index (χ3n) is 5.02. The number of hydrogen-bond donors (Lipinski definition) is 0. The minimum atomic E-state index is 0.114. The number of thiazole rings is 1. The summed E-state index contributed by atoms with van der Waals surface area (Å²) in [6, 6.07) is 12.4. The molecule has 1 amide bonds. The molecule has 0 N–H and O–H groups in total. The van der Waals surface area contributed by atoms with Gasteiger partial charge in [-0.05, 0) is 43.0 Å². The van der Waals surface area contributed by atoms with E-state index in [0.29, 0.717) is 6.61 Å². The van der Waals surface area contributed by atoms with Crippen LogP contribution in [0.4, 0.5) is 0 Å². The summed E-state index contributed by atoms with van der Waals surface area (Å²) in [5.74, 6) is 1.03. The highest BCUT2D eigenvalue weighted by Crippen LogP contribution is 2.31. The quantitative estimate of drug-likeness (QED) is 0.580. The number of carbonyl (C=O) groups is 1. The van der Waals surface area contributed by atoms with Crippen LogP contribution in [0.1, 0.15) is 27.9 Å². The van der Waals surface area contributed by atoms with Crippen molar-refractivity contribution in [2.24, 2.45) is 0 Å². The number of ether oxygens (including phenoxy) is 1. The molecule has 29 heavy (non-hydrogen) atoms. The first-order chi connectivity index (χ1) is 14.1. The number of thiophene rings is 1. The maximum Gasteiger partial charge on any atom is 0.265 e. The molecule has 0 saturated carbocycles. The van der Waals surface area contributed by atoms with Gasteiger partial charge in [0.15, 0.2) is 0 Å². The number of aromatic nitrogens is 1. The van der Waals surface area contributed by atoms with Gasteiger partial charge in [0.25, 0.3) is 5.91 Å². The molecule has 0 aliphatic carbocycles. The summed E-state index contributed by atoms with van der Waals surface area (Å²) in [5, 5.41) is 2.98.